The van der Waals surface area contributed by atoms with Gasteiger partial charge in [-0.2, -0.15) is 0 Å². The van der Waals surface area contributed by atoms with Gasteiger partial charge < -0.3 is 11.1 Å². The zero-order valence-corrected chi connectivity index (χ0v) is 17.4. The SMILES string of the molecule is CC.CCc1cc(NCc2nccs2)c2sc(CCN)c(Br)c2n1. The lowest BCUT2D eigenvalue weighted by Crippen LogP contribution is -2.01. The molecule has 0 aliphatic carbocycles. The van der Waals surface area contributed by atoms with Crippen LogP contribution in [-0.4, -0.2) is 16.5 Å². The number of nitrogens with zero attached hydrogens (tertiary/aromatic N) is 2. The third-order valence-electron chi connectivity index (χ3n) is 3.35. The molecular formula is C17H23BrN4S2. The van der Waals surface area contributed by atoms with Gasteiger partial charge in [-0.1, -0.05) is 20.8 Å². The summed E-state index contributed by atoms with van der Waals surface area (Å²) >= 11 is 7.12. The van der Waals surface area contributed by atoms with Crippen molar-refractivity contribution in [2.24, 2.45) is 5.73 Å². The van der Waals surface area contributed by atoms with Crippen molar-refractivity contribution in [1.82, 2.24) is 9.97 Å². The van der Waals surface area contributed by atoms with E-state index in [1.54, 1.807) is 22.7 Å². The Labute approximate surface area is 159 Å². The third-order valence-corrected chi connectivity index (χ3v) is 6.52. The molecule has 3 heterocycles. The van der Waals surface area contributed by atoms with Crippen molar-refractivity contribution in [2.75, 3.05) is 11.9 Å². The van der Waals surface area contributed by atoms with E-state index in [9.17, 15) is 0 Å². The summed E-state index contributed by atoms with van der Waals surface area (Å²) in [5, 5.41) is 6.60. The predicted octanol–water partition coefficient (Wildman–Crippen LogP) is 5.22. The highest BCUT2D eigenvalue weighted by atomic mass is 79.9. The van der Waals surface area contributed by atoms with Crippen molar-refractivity contribution in [3.8, 4) is 0 Å². The molecule has 130 valence electrons. The molecule has 3 aromatic heterocycles. The Bertz CT molecular complexity index is 769. The fraction of sp³-hybridized carbons (Fsp3) is 0.412. The van der Waals surface area contributed by atoms with Crippen molar-refractivity contribution in [2.45, 2.75) is 40.2 Å². The number of fused-ring (bicyclic) bond motifs is 1. The van der Waals surface area contributed by atoms with E-state index in [-0.39, 0.29) is 0 Å². The van der Waals surface area contributed by atoms with E-state index in [2.05, 4.69) is 39.2 Å². The molecule has 24 heavy (non-hydrogen) atoms. The molecule has 0 radical (unpaired) electrons. The first-order valence-corrected chi connectivity index (χ1v) is 10.6. The van der Waals surface area contributed by atoms with Crippen LogP contribution in [0, 0.1) is 0 Å². The van der Waals surface area contributed by atoms with Gasteiger partial charge in [-0.15, -0.1) is 22.7 Å². The number of hydrogen-bond acceptors (Lipinski definition) is 6. The molecule has 0 saturated heterocycles. The molecule has 0 unspecified atom stereocenters. The number of halogens is 1. The summed E-state index contributed by atoms with van der Waals surface area (Å²) in [5.74, 6) is 0. The van der Waals surface area contributed by atoms with Gasteiger partial charge in [0.25, 0.3) is 0 Å². The van der Waals surface area contributed by atoms with Gasteiger partial charge in [0.15, 0.2) is 0 Å². The number of anilines is 1. The summed E-state index contributed by atoms with van der Waals surface area (Å²) in [4.78, 5) is 10.4. The van der Waals surface area contributed by atoms with Crippen LogP contribution in [0.25, 0.3) is 10.2 Å². The molecule has 0 spiro atoms. The minimum atomic E-state index is 0.647. The monoisotopic (exact) mass is 426 g/mol. The first-order chi connectivity index (χ1) is 11.7. The number of aryl methyl sites for hydroxylation is 1. The summed E-state index contributed by atoms with van der Waals surface area (Å²) in [5.41, 5.74) is 8.97. The smallest absolute Gasteiger partial charge is 0.112 e. The summed E-state index contributed by atoms with van der Waals surface area (Å²) in [7, 11) is 0. The molecule has 0 aliphatic rings. The second kappa shape index (κ2) is 9.46. The normalized spacial score (nSPS) is 10.5. The Kier molecular flexibility index (Phi) is 7.61. The maximum absolute atomic E-state index is 5.71. The van der Waals surface area contributed by atoms with Crippen LogP contribution in [0.4, 0.5) is 5.69 Å². The average Bonchev–Trinajstić information content (AvgIpc) is 3.24. The molecule has 3 N–H and O–H groups in total. The van der Waals surface area contributed by atoms with Gasteiger partial charge in [-0.05, 0) is 41.4 Å². The minimum absolute atomic E-state index is 0.647. The summed E-state index contributed by atoms with van der Waals surface area (Å²) < 4.78 is 2.27. The number of thiazole rings is 1. The molecule has 0 atom stereocenters. The molecule has 7 heteroatoms. The minimum Gasteiger partial charge on any atom is -0.377 e. The summed E-state index contributed by atoms with van der Waals surface area (Å²) in [6.45, 7) is 7.51. The van der Waals surface area contributed by atoms with Gasteiger partial charge >= 0.3 is 0 Å². The number of rotatable bonds is 6. The van der Waals surface area contributed by atoms with Crippen LogP contribution in [0.5, 0.6) is 0 Å². The molecule has 3 aromatic rings. The molecule has 3 rings (SSSR count). The van der Waals surface area contributed by atoms with Crippen LogP contribution >= 0.6 is 38.6 Å². The van der Waals surface area contributed by atoms with Crippen LogP contribution in [0.3, 0.4) is 0 Å². The van der Waals surface area contributed by atoms with Gasteiger partial charge in [0.1, 0.15) is 5.01 Å². The standard InChI is InChI=1S/C15H17BrN4S2.C2H6/c1-2-9-7-10(19-8-12-18-5-6-21-12)15-14(20-9)13(16)11(22-15)3-4-17;1-2/h5-7H,2-4,8,17H2,1H3,(H,19,20);1-2H3. The Balaban J connectivity index is 0.00000100. The quantitative estimate of drug-likeness (QED) is 0.566. The van der Waals surface area contributed by atoms with E-state index in [1.165, 1.54) is 9.58 Å². The largest absolute Gasteiger partial charge is 0.377 e. The molecule has 0 fully saturated rings. The molecular weight excluding hydrogens is 404 g/mol. The fourth-order valence-electron chi connectivity index (χ4n) is 2.25. The Morgan fingerprint density at radius 3 is 2.75 bits per heavy atom. The van der Waals surface area contributed by atoms with Crippen molar-refractivity contribution in [3.05, 3.63) is 37.7 Å². The molecule has 0 bridgehead atoms. The maximum Gasteiger partial charge on any atom is 0.112 e. The average molecular weight is 427 g/mol. The van der Waals surface area contributed by atoms with E-state index in [4.69, 9.17) is 10.7 Å². The zero-order chi connectivity index (χ0) is 17.5. The van der Waals surface area contributed by atoms with Crippen LogP contribution in [-0.2, 0) is 19.4 Å². The first-order valence-electron chi connectivity index (χ1n) is 8.16. The van der Waals surface area contributed by atoms with Crippen molar-refractivity contribution in [1.29, 1.82) is 0 Å². The van der Waals surface area contributed by atoms with E-state index >= 15 is 0 Å². The number of pyridine rings is 1. The van der Waals surface area contributed by atoms with E-state index in [0.717, 1.165) is 45.8 Å². The maximum atomic E-state index is 5.71. The number of aromatic nitrogens is 2. The molecule has 0 saturated carbocycles. The lowest BCUT2D eigenvalue weighted by molar-refractivity contribution is 0.984. The van der Waals surface area contributed by atoms with Crippen LogP contribution in [0.2, 0.25) is 0 Å². The second-order valence-corrected chi connectivity index (χ2v) is 7.73. The third kappa shape index (κ3) is 4.33. The van der Waals surface area contributed by atoms with Gasteiger partial charge in [0.2, 0.25) is 0 Å². The predicted molar refractivity (Wildman–Crippen MR) is 110 cm³/mol. The topological polar surface area (TPSA) is 63.8 Å². The second-order valence-electron chi connectivity index (χ2n) is 4.85. The van der Waals surface area contributed by atoms with Crippen LogP contribution in [0.1, 0.15) is 36.3 Å². The van der Waals surface area contributed by atoms with E-state index in [1.807, 2.05) is 25.4 Å². The Morgan fingerprint density at radius 2 is 2.12 bits per heavy atom. The number of nitrogens with two attached hydrogens (primary N) is 1. The van der Waals surface area contributed by atoms with Crippen molar-refractivity contribution >= 4 is 54.5 Å². The highest BCUT2D eigenvalue weighted by Crippen LogP contribution is 2.39. The number of thiophene rings is 1. The highest BCUT2D eigenvalue weighted by Gasteiger charge is 2.15. The first kappa shape index (κ1) is 19.3. The van der Waals surface area contributed by atoms with E-state index < -0.39 is 0 Å². The van der Waals surface area contributed by atoms with Gasteiger partial charge in [0, 0.05) is 22.1 Å². The van der Waals surface area contributed by atoms with E-state index in [0.29, 0.717) is 6.54 Å². The van der Waals surface area contributed by atoms with Gasteiger partial charge in [-0.3, -0.25) is 4.98 Å². The lowest BCUT2D eigenvalue weighted by atomic mass is 10.2. The zero-order valence-electron chi connectivity index (χ0n) is 14.2. The van der Waals surface area contributed by atoms with Gasteiger partial charge in [-0.25, -0.2) is 4.98 Å². The molecule has 0 aromatic carbocycles. The number of hydrogen-bond donors (Lipinski definition) is 2. The highest BCUT2D eigenvalue weighted by molar-refractivity contribution is 9.10. The number of nitrogens with one attached hydrogen (secondary N) is 1. The summed E-state index contributed by atoms with van der Waals surface area (Å²) in [6.07, 6.45) is 3.62. The Hall–Kier alpha value is -1.02. The molecule has 0 aliphatic heterocycles. The Morgan fingerprint density at radius 1 is 1.33 bits per heavy atom. The van der Waals surface area contributed by atoms with Crippen LogP contribution < -0.4 is 11.1 Å². The van der Waals surface area contributed by atoms with Crippen molar-refractivity contribution in [3.63, 3.8) is 0 Å². The lowest BCUT2D eigenvalue weighted by Gasteiger charge is -2.08. The van der Waals surface area contributed by atoms with Crippen LogP contribution in [0.15, 0.2) is 22.1 Å². The summed E-state index contributed by atoms with van der Waals surface area (Å²) in [6, 6.07) is 2.14. The molecule has 4 nitrogen and oxygen atoms in total. The van der Waals surface area contributed by atoms with Crippen molar-refractivity contribution < 1.29 is 0 Å². The molecule has 0 amide bonds. The fourth-order valence-corrected chi connectivity index (χ4v) is 4.81. The van der Waals surface area contributed by atoms with Gasteiger partial charge in [0.05, 0.1) is 26.9 Å².